The topological polar surface area (TPSA) is 596 Å². The molecule has 1 radical (unpaired) electrons. The number of hydrogen-bond donors (Lipinski definition) is 0. The molecule has 227 valence electrons. The van der Waals surface area contributed by atoms with Crippen molar-refractivity contribution >= 4 is 0 Å². The zero-order chi connectivity index (χ0) is 32.2. The van der Waals surface area contributed by atoms with E-state index in [4.69, 9.17) is 138 Å². The molecule has 0 N–H and O–H groups in total. The molecule has 0 aliphatic heterocycles. The predicted molar refractivity (Wildman–Crippen MR) is 93.3 cm³/mol. The van der Waals surface area contributed by atoms with Gasteiger partial charge in [0.25, 0.3) is 0 Å². The van der Waals surface area contributed by atoms with Crippen molar-refractivity contribution in [3.8, 4) is 0 Å². The minimum atomic E-state index is -1.75. The van der Waals surface area contributed by atoms with Crippen LogP contribution in [0, 0.1) is 197 Å². The zero-order valence-corrected chi connectivity index (χ0v) is 23.0. The third kappa shape index (κ3) is 1010. The Kier molecular flexibility index (Phi) is 117. The smallest absolute Gasteiger partial charge is 0.0689 e. The van der Waals surface area contributed by atoms with Crippen molar-refractivity contribution in [3.63, 3.8) is 0 Å². The van der Waals surface area contributed by atoms with Gasteiger partial charge in [0.2, 0.25) is 0 Å². The van der Waals surface area contributed by atoms with E-state index >= 15 is 0 Å². The maximum Gasteiger partial charge on any atom is 0.0689 e. The van der Waals surface area contributed by atoms with E-state index in [1.807, 2.05) is 0 Å². The maximum absolute atomic E-state index is 8.25. The summed E-state index contributed by atoms with van der Waals surface area (Å²) in [6.45, 7) is 0. The molecule has 0 aliphatic carbocycles. The Hall–Kier alpha value is -5.20. The van der Waals surface area contributed by atoms with Crippen LogP contribution in [0.1, 0.15) is 0 Å². The summed E-state index contributed by atoms with van der Waals surface area (Å²) in [4.78, 5) is 74.2. The van der Waals surface area contributed by atoms with E-state index in [0.717, 1.165) is 0 Å². The summed E-state index contributed by atoms with van der Waals surface area (Å²) in [7, 11) is 0. The van der Waals surface area contributed by atoms with Crippen molar-refractivity contribution < 1.29 is 105 Å². The second kappa shape index (κ2) is 63.5. The van der Waals surface area contributed by atoms with Crippen molar-refractivity contribution in [3.05, 3.63) is 138 Å². The molecule has 0 aromatic heterocycles. The first kappa shape index (κ1) is 69.8. The Morgan fingerprint density at radius 3 is 0.211 bits per heavy atom. The third-order valence-corrected chi connectivity index (χ3v) is 0. The molecular weight excluding hydrogens is 1040 g/mol. The van der Waals surface area contributed by atoms with Gasteiger partial charge in [0.05, 0.1) is 45.8 Å². The van der Waals surface area contributed by atoms with Gasteiger partial charge in [0.1, 0.15) is 0 Å². The molecule has 0 aliphatic rings. The van der Waals surface area contributed by atoms with E-state index in [-0.39, 0.29) is 59.1 Å². The summed E-state index contributed by atoms with van der Waals surface area (Å²) in [5, 5.41) is 133. The average molecular weight is 1040 g/mol. The molecule has 0 rings (SSSR count). The van der Waals surface area contributed by atoms with Crippen LogP contribution in [0.2, 0.25) is 0 Å². The van der Waals surface area contributed by atoms with Gasteiger partial charge in [-0.1, -0.05) is 0 Å². The summed E-state index contributed by atoms with van der Waals surface area (Å²) in [6, 6.07) is 0. The van der Waals surface area contributed by atoms with Crippen LogP contribution in [-0.2, 0) is 0 Å². The van der Waals surface area contributed by atoms with Gasteiger partial charge in [-0.15, -0.1) is 0 Å². The standard InChI is InChI=1S/9NO3.Np.Pu/c9*2-1(3)4;;/q9*-1;;. The summed E-state index contributed by atoms with van der Waals surface area (Å²) >= 11 is 0. The van der Waals surface area contributed by atoms with Crippen molar-refractivity contribution in [2.75, 3.05) is 0 Å². The fourth-order valence-corrected chi connectivity index (χ4v) is 0. The number of nitrogens with zero attached hydrogens (tertiary/aromatic N) is 9. The van der Waals surface area contributed by atoms with Gasteiger partial charge in [-0.05, 0) is 0 Å². The molecular formula is N9NpO27Pu-9. The van der Waals surface area contributed by atoms with Gasteiger partial charge >= 0.3 is 0 Å². The quantitative estimate of drug-likeness (QED) is 0.184. The Morgan fingerprint density at radius 1 is 0.211 bits per heavy atom. The van der Waals surface area contributed by atoms with Crippen LogP contribution in [0.15, 0.2) is 0 Å². The molecule has 0 fully saturated rings. The van der Waals surface area contributed by atoms with Crippen LogP contribution >= 0.6 is 0 Å². The van der Waals surface area contributed by atoms with Crippen LogP contribution in [0.4, 0.5) is 0 Å². The van der Waals surface area contributed by atoms with Crippen molar-refractivity contribution in [2.45, 2.75) is 0 Å². The largest absolute Gasteiger partial charge is 0.356 e. The Labute approximate surface area is 242 Å². The Morgan fingerprint density at radius 2 is 0.211 bits per heavy atom. The zero-order valence-electron chi connectivity index (χ0n) is 15.9. The molecule has 36 nitrogen and oxygen atoms in total. The molecule has 38 heavy (non-hydrogen) atoms. The number of rotatable bonds is 0. The van der Waals surface area contributed by atoms with Crippen LogP contribution in [0.25, 0.3) is 0 Å². The van der Waals surface area contributed by atoms with Crippen LogP contribution in [0.5, 0.6) is 0 Å². The molecule has 0 spiro atoms. The SMILES string of the molecule is O=[N+]([O-])[O-].O=[N+]([O-])[O-].O=[N+]([O-])[O-].O=[N+]([O-])[O-].O=[N+]([O-])[O-].O=[N+]([O-])[O-].O=[N+]([O-])[O-].O=[N+]([O-])[O-].O=[N+]([O-])[O-].[Np].[Pu]. The molecule has 0 heterocycles. The van der Waals surface area contributed by atoms with E-state index in [1.165, 1.54) is 0 Å². The first-order valence-electron chi connectivity index (χ1n) is 4.93. The fourth-order valence-electron chi connectivity index (χ4n) is 0. The minimum absolute atomic E-state index is 0. The van der Waals surface area contributed by atoms with Gasteiger partial charge in [0, 0.05) is 59.1 Å². The summed E-state index contributed by atoms with van der Waals surface area (Å²) < 4.78 is 0. The number of hydrogen-bond acceptors (Lipinski definition) is 27. The van der Waals surface area contributed by atoms with Crippen molar-refractivity contribution in [1.82, 2.24) is 0 Å². The monoisotopic (exact) mass is 1030 g/mol. The van der Waals surface area contributed by atoms with Gasteiger partial charge in [-0.2, -0.15) is 0 Å². The molecule has 0 atom stereocenters. The van der Waals surface area contributed by atoms with Crippen LogP contribution < -0.4 is 0 Å². The second-order valence-corrected chi connectivity index (χ2v) is 2.01. The van der Waals surface area contributed by atoms with Gasteiger partial charge in [0.15, 0.2) is 0 Å². The molecule has 0 saturated heterocycles. The molecule has 0 unspecified atom stereocenters. The fraction of sp³-hybridized carbons (Fsp3) is 0. The van der Waals surface area contributed by atoms with Crippen LogP contribution in [-0.4, -0.2) is 45.8 Å². The maximum atomic E-state index is 8.25. The summed E-state index contributed by atoms with van der Waals surface area (Å²) in [5.74, 6) is 0. The Bertz CT molecular complexity index is 421. The van der Waals surface area contributed by atoms with E-state index in [0.29, 0.717) is 0 Å². The predicted octanol–water partition coefficient (Wildman–Crippen LogP) is -2.15. The molecule has 0 aromatic rings. The summed E-state index contributed by atoms with van der Waals surface area (Å²) in [5.41, 5.74) is 0. The van der Waals surface area contributed by atoms with E-state index in [1.54, 1.807) is 0 Å². The first-order chi connectivity index (χ1) is 15.6. The normalized spacial score (nSPS) is 5.68. The molecule has 0 amide bonds. The first-order valence-corrected chi connectivity index (χ1v) is 4.93. The third-order valence-electron chi connectivity index (χ3n) is 0. The van der Waals surface area contributed by atoms with Crippen LogP contribution in [0.3, 0.4) is 0 Å². The van der Waals surface area contributed by atoms with E-state index in [9.17, 15) is 0 Å². The van der Waals surface area contributed by atoms with Gasteiger partial charge in [-0.25, -0.2) is 0 Å². The van der Waals surface area contributed by atoms with E-state index < -0.39 is 45.8 Å². The second-order valence-electron chi connectivity index (χ2n) is 2.01. The minimum Gasteiger partial charge on any atom is -0.356 e. The van der Waals surface area contributed by atoms with Crippen molar-refractivity contribution in [1.29, 1.82) is 0 Å². The Balaban J connectivity index is -0.0000000238. The van der Waals surface area contributed by atoms with Crippen molar-refractivity contribution in [2.24, 2.45) is 0 Å². The van der Waals surface area contributed by atoms with Gasteiger partial charge < -0.3 is 138 Å². The van der Waals surface area contributed by atoms with E-state index in [2.05, 4.69) is 0 Å². The molecule has 0 saturated carbocycles. The average Bonchev–Trinajstić information content (AvgIpc) is 2.39. The van der Waals surface area contributed by atoms with Gasteiger partial charge in [-0.3, -0.25) is 0 Å². The molecule has 0 aromatic carbocycles. The summed E-state index contributed by atoms with van der Waals surface area (Å²) in [6.07, 6.45) is 0. The molecule has 0 bridgehead atoms. The molecule has 38 heteroatoms.